The maximum atomic E-state index is 11.1. The van der Waals surface area contributed by atoms with Crippen LogP contribution >= 0.6 is 11.6 Å². The Morgan fingerprint density at radius 1 is 1.29 bits per heavy atom. The second-order valence-corrected chi connectivity index (χ2v) is 6.37. The predicted molar refractivity (Wildman–Crippen MR) is 61.7 cm³/mol. The summed E-state index contributed by atoms with van der Waals surface area (Å²) in [5.41, 5.74) is 0. The van der Waals surface area contributed by atoms with E-state index in [9.17, 15) is 8.42 Å². The van der Waals surface area contributed by atoms with E-state index in [0.29, 0.717) is 6.54 Å². The molecule has 1 atom stereocenters. The number of nitrogens with one attached hydrogen (secondary N) is 1. The van der Waals surface area contributed by atoms with E-state index in [1.54, 1.807) is 6.92 Å². The topological polar surface area (TPSA) is 46.2 Å². The number of rotatable bonds is 8. The molecule has 0 amide bonds. The summed E-state index contributed by atoms with van der Waals surface area (Å²) in [5, 5.41) is 3.28. The molecule has 0 aromatic rings. The smallest absolute Gasteiger partial charge is 0.151 e. The second-order valence-electron chi connectivity index (χ2n) is 3.28. The van der Waals surface area contributed by atoms with Gasteiger partial charge in [0, 0.05) is 17.7 Å². The third-order valence-corrected chi connectivity index (χ3v) is 4.34. The van der Waals surface area contributed by atoms with Gasteiger partial charge in [0.15, 0.2) is 9.84 Å². The number of alkyl halides is 1. The fourth-order valence-electron chi connectivity index (χ4n) is 0.960. The Hall–Kier alpha value is 0.200. The van der Waals surface area contributed by atoms with Gasteiger partial charge in [-0.2, -0.15) is 0 Å². The molecule has 14 heavy (non-hydrogen) atoms. The first-order chi connectivity index (χ1) is 6.52. The van der Waals surface area contributed by atoms with Crippen LogP contribution in [0.25, 0.3) is 0 Å². The lowest BCUT2D eigenvalue weighted by molar-refractivity contribution is 0.588. The van der Waals surface area contributed by atoms with Crippen LogP contribution < -0.4 is 5.32 Å². The molecule has 0 saturated heterocycles. The molecule has 0 aliphatic heterocycles. The minimum absolute atomic E-state index is 0.199. The fraction of sp³-hybridized carbons (Fsp3) is 1.00. The van der Waals surface area contributed by atoms with Crippen molar-refractivity contribution >= 4 is 21.4 Å². The average Bonchev–Trinajstić information content (AvgIpc) is 2.17. The van der Waals surface area contributed by atoms with Crippen LogP contribution in [0.5, 0.6) is 0 Å². The van der Waals surface area contributed by atoms with Gasteiger partial charge >= 0.3 is 0 Å². The highest BCUT2D eigenvalue weighted by atomic mass is 35.5. The lowest BCUT2D eigenvalue weighted by atomic mass is 10.2. The molecule has 0 bridgehead atoms. The van der Waals surface area contributed by atoms with Crippen LogP contribution in [0.15, 0.2) is 0 Å². The molecule has 0 aliphatic rings. The molecular weight excluding hydrogens is 222 g/mol. The van der Waals surface area contributed by atoms with E-state index in [1.165, 1.54) is 0 Å². The van der Waals surface area contributed by atoms with Gasteiger partial charge in [-0.25, -0.2) is 8.42 Å². The summed E-state index contributed by atoms with van der Waals surface area (Å²) in [5.74, 6) is 0.449. The highest BCUT2D eigenvalue weighted by molar-refractivity contribution is 7.91. The number of hydrogen-bond acceptors (Lipinski definition) is 3. The molecular formula is C9H20ClNO2S. The number of hydrogen-bond donors (Lipinski definition) is 1. The Morgan fingerprint density at radius 2 is 1.93 bits per heavy atom. The zero-order valence-corrected chi connectivity index (χ0v) is 10.5. The molecule has 1 unspecified atom stereocenters. The lowest BCUT2D eigenvalue weighted by Gasteiger charge is -2.07. The highest BCUT2D eigenvalue weighted by Crippen LogP contribution is 2.04. The van der Waals surface area contributed by atoms with Crippen molar-refractivity contribution in [2.24, 2.45) is 0 Å². The van der Waals surface area contributed by atoms with Crippen molar-refractivity contribution in [3.8, 4) is 0 Å². The van der Waals surface area contributed by atoms with E-state index >= 15 is 0 Å². The minimum atomic E-state index is -2.82. The summed E-state index contributed by atoms with van der Waals surface area (Å²) in [7, 11) is -2.82. The Kier molecular flexibility index (Phi) is 7.59. The van der Waals surface area contributed by atoms with Crippen molar-refractivity contribution in [2.45, 2.75) is 32.1 Å². The Morgan fingerprint density at radius 3 is 2.43 bits per heavy atom. The SMILES string of the molecule is CCC(Cl)CCNCCS(=O)(=O)CC. The minimum Gasteiger partial charge on any atom is -0.316 e. The fourth-order valence-corrected chi connectivity index (χ4v) is 1.81. The molecule has 0 aliphatic carbocycles. The van der Waals surface area contributed by atoms with Gasteiger partial charge in [0.05, 0.1) is 5.75 Å². The monoisotopic (exact) mass is 241 g/mol. The molecule has 0 radical (unpaired) electrons. The van der Waals surface area contributed by atoms with Gasteiger partial charge in [-0.3, -0.25) is 0 Å². The maximum absolute atomic E-state index is 11.1. The summed E-state index contributed by atoms with van der Waals surface area (Å²) in [4.78, 5) is 0. The molecule has 0 aromatic heterocycles. The van der Waals surface area contributed by atoms with Crippen molar-refractivity contribution in [3.05, 3.63) is 0 Å². The van der Waals surface area contributed by atoms with E-state index in [0.717, 1.165) is 19.4 Å². The van der Waals surface area contributed by atoms with Gasteiger partial charge in [0.1, 0.15) is 0 Å². The summed E-state index contributed by atoms with van der Waals surface area (Å²) in [6.45, 7) is 5.03. The molecule has 1 N–H and O–H groups in total. The molecule has 0 aromatic carbocycles. The highest BCUT2D eigenvalue weighted by Gasteiger charge is 2.06. The van der Waals surface area contributed by atoms with Crippen molar-refractivity contribution in [1.29, 1.82) is 0 Å². The summed E-state index contributed by atoms with van der Waals surface area (Å²) < 4.78 is 22.2. The van der Waals surface area contributed by atoms with Crippen molar-refractivity contribution < 1.29 is 8.42 Å². The Balaban J connectivity index is 3.39. The molecule has 86 valence electrons. The van der Waals surface area contributed by atoms with Crippen LogP contribution in [0.4, 0.5) is 0 Å². The molecule has 3 nitrogen and oxygen atoms in total. The van der Waals surface area contributed by atoms with E-state index < -0.39 is 9.84 Å². The lowest BCUT2D eigenvalue weighted by Crippen LogP contribution is -2.25. The van der Waals surface area contributed by atoms with Crippen LogP contribution in [0.2, 0.25) is 0 Å². The molecule has 0 saturated carbocycles. The predicted octanol–water partition coefficient (Wildman–Crippen LogP) is 1.42. The van der Waals surface area contributed by atoms with Crippen LogP contribution in [0, 0.1) is 0 Å². The van der Waals surface area contributed by atoms with Crippen molar-refractivity contribution in [1.82, 2.24) is 5.32 Å². The molecule has 0 spiro atoms. The van der Waals surface area contributed by atoms with Gasteiger partial charge in [-0.05, 0) is 19.4 Å². The van der Waals surface area contributed by atoms with Gasteiger partial charge in [0.25, 0.3) is 0 Å². The van der Waals surface area contributed by atoms with Gasteiger partial charge < -0.3 is 5.32 Å². The van der Waals surface area contributed by atoms with Crippen molar-refractivity contribution in [3.63, 3.8) is 0 Å². The van der Waals surface area contributed by atoms with E-state index in [2.05, 4.69) is 5.32 Å². The third-order valence-electron chi connectivity index (χ3n) is 2.11. The summed E-state index contributed by atoms with van der Waals surface area (Å²) in [6, 6.07) is 0. The van der Waals surface area contributed by atoms with Crippen LogP contribution in [0.1, 0.15) is 26.7 Å². The third kappa shape index (κ3) is 7.59. The van der Waals surface area contributed by atoms with Crippen LogP contribution in [-0.2, 0) is 9.84 Å². The van der Waals surface area contributed by atoms with Crippen molar-refractivity contribution in [2.75, 3.05) is 24.6 Å². The zero-order valence-electron chi connectivity index (χ0n) is 8.92. The van der Waals surface area contributed by atoms with Crippen LogP contribution in [-0.4, -0.2) is 38.4 Å². The van der Waals surface area contributed by atoms with Crippen LogP contribution in [0.3, 0.4) is 0 Å². The maximum Gasteiger partial charge on any atom is 0.151 e. The number of halogens is 1. The molecule has 0 rings (SSSR count). The molecule has 0 heterocycles. The normalized spacial score (nSPS) is 14.2. The van der Waals surface area contributed by atoms with E-state index in [-0.39, 0.29) is 16.9 Å². The van der Waals surface area contributed by atoms with Gasteiger partial charge in [0.2, 0.25) is 0 Å². The second kappa shape index (κ2) is 7.49. The first-order valence-corrected chi connectivity index (χ1v) is 7.32. The number of sulfone groups is 1. The first kappa shape index (κ1) is 14.2. The van der Waals surface area contributed by atoms with Gasteiger partial charge in [-0.15, -0.1) is 11.6 Å². The molecule has 0 fully saturated rings. The average molecular weight is 242 g/mol. The Bertz CT molecular complexity index is 229. The standard InChI is InChI=1S/C9H20ClNO2S/c1-3-9(10)5-6-11-7-8-14(12,13)4-2/h9,11H,3-8H2,1-2H3. The van der Waals surface area contributed by atoms with E-state index in [1.807, 2.05) is 6.92 Å². The largest absolute Gasteiger partial charge is 0.316 e. The summed E-state index contributed by atoms with van der Waals surface area (Å²) in [6.07, 6.45) is 1.85. The molecule has 5 heteroatoms. The quantitative estimate of drug-likeness (QED) is 0.517. The first-order valence-electron chi connectivity index (χ1n) is 5.07. The van der Waals surface area contributed by atoms with E-state index in [4.69, 9.17) is 11.6 Å². The zero-order chi connectivity index (χ0) is 11.0. The van der Waals surface area contributed by atoms with Gasteiger partial charge in [-0.1, -0.05) is 13.8 Å². The Labute approximate surface area is 92.1 Å². The summed E-state index contributed by atoms with van der Waals surface area (Å²) >= 11 is 5.90.